The number of carbonyl (C=O) groups is 1. The van der Waals surface area contributed by atoms with Crippen LogP contribution in [-0.2, 0) is 11.3 Å². The summed E-state index contributed by atoms with van der Waals surface area (Å²) in [6.45, 7) is 0.446. The molecule has 0 bridgehead atoms. The molecule has 1 aliphatic carbocycles. The van der Waals surface area contributed by atoms with Gasteiger partial charge in [-0.2, -0.15) is 0 Å². The number of hydrogen-bond donors (Lipinski definition) is 2. The maximum atomic E-state index is 11.8. The van der Waals surface area contributed by atoms with Crippen molar-refractivity contribution in [3.05, 3.63) is 24.2 Å². The highest BCUT2D eigenvalue weighted by molar-refractivity contribution is 5.77. The quantitative estimate of drug-likeness (QED) is 0.839. The smallest absolute Gasteiger partial charge is 0.222 e. The standard InChI is InChI=1S/C13H20N2O2/c14-13(6-2-1-3-7-13)9-12(16)15-10-11-5-4-8-17-11/h4-5,8H,1-3,6-7,9-10,14H2,(H,15,16). The van der Waals surface area contributed by atoms with Gasteiger partial charge in [-0.3, -0.25) is 4.79 Å². The van der Waals surface area contributed by atoms with E-state index in [-0.39, 0.29) is 11.4 Å². The molecule has 1 saturated carbocycles. The van der Waals surface area contributed by atoms with Crippen LogP contribution in [0.25, 0.3) is 0 Å². The molecule has 17 heavy (non-hydrogen) atoms. The van der Waals surface area contributed by atoms with Gasteiger partial charge in [-0.25, -0.2) is 0 Å². The Hall–Kier alpha value is -1.29. The summed E-state index contributed by atoms with van der Waals surface area (Å²) in [5, 5.41) is 2.84. The SMILES string of the molecule is NC1(CC(=O)NCc2ccco2)CCCCC1. The Kier molecular flexibility index (Phi) is 3.84. The lowest BCUT2D eigenvalue weighted by atomic mass is 9.80. The van der Waals surface area contributed by atoms with Crippen LogP contribution < -0.4 is 11.1 Å². The molecule has 1 fully saturated rings. The Balaban J connectivity index is 1.76. The van der Waals surface area contributed by atoms with Crippen LogP contribution in [0.1, 0.15) is 44.3 Å². The number of nitrogens with two attached hydrogens (primary N) is 1. The minimum absolute atomic E-state index is 0.0193. The summed E-state index contributed by atoms with van der Waals surface area (Å²) in [5.74, 6) is 0.791. The lowest BCUT2D eigenvalue weighted by molar-refractivity contribution is -0.122. The zero-order valence-electron chi connectivity index (χ0n) is 10.1. The summed E-state index contributed by atoms with van der Waals surface area (Å²) >= 11 is 0. The number of carbonyl (C=O) groups excluding carboxylic acids is 1. The number of amides is 1. The van der Waals surface area contributed by atoms with Crippen molar-refractivity contribution in [3.63, 3.8) is 0 Å². The van der Waals surface area contributed by atoms with E-state index in [1.165, 1.54) is 6.42 Å². The van der Waals surface area contributed by atoms with Gasteiger partial charge < -0.3 is 15.5 Å². The second-order valence-corrected chi connectivity index (χ2v) is 4.96. The first kappa shape index (κ1) is 12.2. The van der Waals surface area contributed by atoms with Gasteiger partial charge in [0.15, 0.2) is 0 Å². The van der Waals surface area contributed by atoms with Gasteiger partial charge in [-0.05, 0) is 25.0 Å². The van der Waals surface area contributed by atoms with Gasteiger partial charge in [-0.15, -0.1) is 0 Å². The maximum absolute atomic E-state index is 11.8. The summed E-state index contributed by atoms with van der Waals surface area (Å²) in [6.07, 6.45) is 7.47. The van der Waals surface area contributed by atoms with Gasteiger partial charge in [0, 0.05) is 12.0 Å². The first-order valence-electron chi connectivity index (χ1n) is 6.26. The van der Waals surface area contributed by atoms with E-state index in [4.69, 9.17) is 10.2 Å². The van der Waals surface area contributed by atoms with Crippen molar-refractivity contribution >= 4 is 5.91 Å². The van der Waals surface area contributed by atoms with Crippen molar-refractivity contribution < 1.29 is 9.21 Å². The van der Waals surface area contributed by atoms with Gasteiger partial charge >= 0.3 is 0 Å². The number of furan rings is 1. The summed E-state index contributed by atoms with van der Waals surface area (Å²) in [6, 6.07) is 3.66. The third kappa shape index (κ3) is 3.60. The highest BCUT2D eigenvalue weighted by Crippen LogP contribution is 2.28. The summed E-state index contributed by atoms with van der Waals surface area (Å²) in [7, 11) is 0. The highest BCUT2D eigenvalue weighted by atomic mass is 16.3. The zero-order valence-corrected chi connectivity index (χ0v) is 10.1. The molecule has 1 aromatic rings. The van der Waals surface area contributed by atoms with Gasteiger partial charge in [0.2, 0.25) is 5.91 Å². The number of hydrogen-bond acceptors (Lipinski definition) is 3. The highest BCUT2D eigenvalue weighted by Gasteiger charge is 2.29. The Bertz CT molecular complexity index is 354. The average molecular weight is 236 g/mol. The molecular weight excluding hydrogens is 216 g/mol. The maximum Gasteiger partial charge on any atom is 0.222 e. The van der Waals surface area contributed by atoms with Crippen LogP contribution in [0.2, 0.25) is 0 Å². The Morgan fingerprint density at radius 1 is 1.41 bits per heavy atom. The average Bonchev–Trinajstić information content (AvgIpc) is 2.79. The van der Waals surface area contributed by atoms with Crippen LogP contribution >= 0.6 is 0 Å². The van der Waals surface area contributed by atoms with Gasteiger partial charge in [0.1, 0.15) is 5.76 Å². The van der Waals surface area contributed by atoms with Crippen molar-refractivity contribution in [2.24, 2.45) is 5.73 Å². The predicted molar refractivity (Wildman–Crippen MR) is 65.2 cm³/mol. The van der Waals surface area contributed by atoms with Crippen LogP contribution in [0.4, 0.5) is 0 Å². The third-order valence-electron chi connectivity index (χ3n) is 3.40. The van der Waals surface area contributed by atoms with Crippen LogP contribution in [0.3, 0.4) is 0 Å². The molecule has 0 spiro atoms. The third-order valence-corrected chi connectivity index (χ3v) is 3.40. The molecule has 0 aliphatic heterocycles. The topological polar surface area (TPSA) is 68.3 Å². The fourth-order valence-electron chi connectivity index (χ4n) is 2.41. The van der Waals surface area contributed by atoms with Crippen molar-refractivity contribution in [1.82, 2.24) is 5.32 Å². The van der Waals surface area contributed by atoms with Crippen molar-refractivity contribution in [1.29, 1.82) is 0 Å². The molecule has 3 N–H and O–H groups in total. The lowest BCUT2D eigenvalue weighted by Gasteiger charge is -2.32. The molecule has 0 unspecified atom stereocenters. The molecule has 0 saturated heterocycles. The zero-order chi connectivity index (χ0) is 12.1. The molecule has 1 aromatic heterocycles. The first-order valence-corrected chi connectivity index (χ1v) is 6.26. The Morgan fingerprint density at radius 2 is 2.18 bits per heavy atom. The van der Waals surface area contributed by atoms with Crippen LogP contribution in [0.15, 0.2) is 22.8 Å². The van der Waals surface area contributed by atoms with Gasteiger partial charge in [-0.1, -0.05) is 19.3 Å². The molecule has 94 valence electrons. The first-order chi connectivity index (χ1) is 8.18. The Morgan fingerprint density at radius 3 is 2.82 bits per heavy atom. The van der Waals surface area contributed by atoms with E-state index in [1.807, 2.05) is 12.1 Å². The molecular formula is C13H20N2O2. The fraction of sp³-hybridized carbons (Fsp3) is 0.615. The number of nitrogens with one attached hydrogen (secondary N) is 1. The molecule has 0 aromatic carbocycles. The van der Waals surface area contributed by atoms with Gasteiger partial charge in [0.25, 0.3) is 0 Å². The van der Waals surface area contributed by atoms with Gasteiger partial charge in [0.05, 0.1) is 12.8 Å². The van der Waals surface area contributed by atoms with E-state index < -0.39 is 0 Å². The van der Waals surface area contributed by atoms with E-state index in [0.29, 0.717) is 13.0 Å². The van der Waals surface area contributed by atoms with Crippen molar-refractivity contribution in [3.8, 4) is 0 Å². The monoisotopic (exact) mass is 236 g/mol. The van der Waals surface area contributed by atoms with Crippen molar-refractivity contribution in [2.75, 3.05) is 0 Å². The summed E-state index contributed by atoms with van der Waals surface area (Å²) < 4.78 is 5.15. The molecule has 1 amide bonds. The summed E-state index contributed by atoms with van der Waals surface area (Å²) in [5.41, 5.74) is 5.94. The second-order valence-electron chi connectivity index (χ2n) is 4.96. The molecule has 4 heteroatoms. The summed E-state index contributed by atoms with van der Waals surface area (Å²) in [4.78, 5) is 11.8. The fourth-order valence-corrected chi connectivity index (χ4v) is 2.41. The van der Waals surface area contributed by atoms with Crippen LogP contribution in [0, 0.1) is 0 Å². The van der Waals surface area contributed by atoms with E-state index >= 15 is 0 Å². The van der Waals surface area contributed by atoms with Crippen molar-refractivity contribution in [2.45, 2.75) is 50.6 Å². The Labute approximate surface area is 102 Å². The molecule has 0 radical (unpaired) electrons. The molecule has 0 atom stereocenters. The minimum Gasteiger partial charge on any atom is -0.467 e. The van der Waals surface area contributed by atoms with E-state index in [0.717, 1.165) is 31.4 Å². The molecule has 2 rings (SSSR count). The molecule has 4 nitrogen and oxygen atoms in total. The van der Waals surface area contributed by atoms with Crippen LogP contribution in [-0.4, -0.2) is 11.4 Å². The number of rotatable bonds is 4. The van der Waals surface area contributed by atoms with E-state index in [1.54, 1.807) is 6.26 Å². The normalized spacial score (nSPS) is 18.9. The van der Waals surface area contributed by atoms with E-state index in [2.05, 4.69) is 5.32 Å². The predicted octanol–water partition coefficient (Wildman–Crippen LogP) is 1.95. The lowest BCUT2D eigenvalue weighted by Crippen LogP contribution is -2.45. The van der Waals surface area contributed by atoms with E-state index in [9.17, 15) is 4.79 Å². The minimum atomic E-state index is -0.286. The second kappa shape index (κ2) is 5.36. The van der Waals surface area contributed by atoms with Crippen LogP contribution in [0.5, 0.6) is 0 Å². The molecule has 1 aliphatic rings. The molecule has 1 heterocycles. The largest absolute Gasteiger partial charge is 0.467 e.